The van der Waals surface area contributed by atoms with Gasteiger partial charge in [-0.1, -0.05) is 6.92 Å². The quantitative estimate of drug-likeness (QED) is 0.431. The van der Waals surface area contributed by atoms with Crippen LogP contribution in [0.5, 0.6) is 0 Å². The third-order valence-electron chi connectivity index (χ3n) is 3.30. The molecule has 1 aromatic heterocycles. The highest BCUT2D eigenvalue weighted by Crippen LogP contribution is 2.16. The summed E-state index contributed by atoms with van der Waals surface area (Å²) in [5.74, 6) is 4.30. The molecule has 1 aromatic rings. The summed E-state index contributed by atoms with van der Waals surface area (Å²) in [5.41, 5.74) is 2.49. The Balaban J connectivity index is 2.07. The molecule has 0 saturated carbocycles. The largest absolute Gasteiger partial charge is 0.459 e. The molecule has 2 rings (SSSR count). The van der Waals surface area contributed by atoms with Crippen molar-refractivity contribution in [1.82, 2.24) is 15.2 Å². The molecule has 3 N–H and O–H groups in total. The van der Waals surface area contributed by atoms with E-state index in [-0.39, 0.29) is 37.2 Å². The minimum Gasteiger partial charge on any atom is -0.459 e. The predicted octanol–water partition coefficient (Wildman–Crippen LogP) is -0.536. The zero-order valence-electron chi connectivity index (χ0n) is 11.8. The van der Waals surface area contributed by atoms with Gasteiger partial charge in [0.15, 0.2) is 5.76 Å². The highest BCUT2D eigenvalue weighted by atomic mass is 16.3. The van der Waals surface area contributed by atoms with Crippen molar-refractivity contribution in [3.63, 3.8) is 0 Å². The van der Waals surface area contributed by atoms with E-state index in [2.05, 4.69) is 0 Å². The van der Waals surface area contributed by atoms with E-state index >= 15 is 0 Å². The van der Waals surface area contributed by atoms with E-state index in [1.54, 1.807) is 11.0 Å². The van der Waals surface area contributed by atoms with Gasteiger partial charge in [0.25, 0.3) is 0 Å². The number of rotatable bonds is 5. The number of nitrogens with zero attached hydrogens (tertiary/aromatic N) is 2. The summed E-state index contributed by atoms with van der Waals surface area (Å²) in [6, 6.07) is 1.58. The van der Waals surface area contributed by atoms with E-state index in [1.807, 2.05) is 12.3 Å². The fourth-order valence-electron chi connectivity index (χ4n) is 2.25. The van der Waals surface area contributed by atoms with Gasteiger partial charge in [-0.05, 0) is 12.5 Å². The van der Waals surface area contributed by atoms with Gasteiger partial charge in [-0.3, -0.25) is 19.8 Å². The molecule has 2 heterocycles. The minimum absolute atomic E-state index is 0.00764. The number of nitrogens with two attached hydrogens (primary N) is 1. The average molecular weight is 294 g/mol. The molecule has 3 amide bonds. The fourth-order valence-corrected chi connectivity index (χ4v) is 2.25. The molecule has 1 saturated heterocycles. The number of piperazine rings is 1. The molecular weight excluding hydrogens is 276 g/mol. The standard InChI is InChI=1S/C13H18N4O4/c1-2-4-16-7-11(19)17(8-10(16)18)6-9-3-5-21-12(9)13(20)15-14/h3,5H,2,4,6-8,14H2,1H3,(H,15,20). The van der Waals surface area contributed by atoms with Crippen molar-refractivity contribution < 1.29 is 18.8 Å². The second kappa shape index (κ2) is 6.40. The monoisotopic (exact) mass is 294 g/mol. The van der Waals surface area contributed by atoms with Gasteiger partial charge >= 0.3 is 5.91 Å². The van der Waals surface area contributed by atoms with Gasteiger partial charge in [0.05, 0.1) is 19.4 Å². The predicted molar refractivity (Wildman–Crippen MR) is 72.6 cm³/mol. The smallest absolute Gasteiger partial charge is 0.301 e. The zero-order chi connectivity index (χ0) is 15.4. The lowest BCUT2D eigenvalue weighted by molar-refractivity contribution is -0.150. The van der Waals surface area contributed by atoms with Gasteiger partial charge in [0.2, 0.25) is 11.8 Å². The normalized spacial score (nSPS) is 15.5. The fraction of sp³-hybridized carbons (Fsp3) is 0.462. The van der Waals surface area contributed by atoms with Crippen molar-refractivity contribution >= 4 is 17.7 Å². The molecule has 8 heteroatoms. The maximum absolute atomic E-state index is 12.1. The summed E-state index contributed by atoms with van der Waals surface area (Å²) >= 11 is 0. The number of hydrazine groups is 1. The molecule has 1 fully saturated rings. The maximum Gasteiger partial charge on any atom is 0.301 e. The third kappa shape index (κ3) is 3.22. The number of hydrogen-bond acceptors (Lipinski definition) is 5. The number of hydrogen-bond donors (Lipinski definition) is 2. The van der Waals surface area contributed by atoms with E-state index in [0.717, 1.165) is 6.42 Å². The van der Waals surface area contributed by atoms with Crippen molar-refractivity contribution in [2.24, 2.45) is 5.84 Å². The van der Waals surface area contributed by atoms with E-state index in [4.69, 9.17) is 10.3 Å². The van der Waals surface area contributed by atoms with Crippen LogP contribution in [0.4, 0.5) is 0 Å². The lowest BCUT2D eigenvalue weighted by Crippen LogP contribution is -2.53. The van der Waals surface area contributed by atoms with Gasteiger partial charge in [0.1, 0.15) is 6.54 Å². The Morgan fingerprint density at radius 1 is 1.33 bits per heavy atom. The second-order valence-corrected chi connectivity index (χ2v) is 4.81. The molecule has 0 aromatic carbocycles. The SMILES string of the molecule is CCCN1CC(=O)N(Cc2ccoc2C(=O)NN)CC1=O. The van der Waals surface area contributed by atoms with Crippen molar-refractivity contribution in [3.8, 4) is 0 Å². The first kappa shape index (κ1) is 15.0. The lowest BCUT2D eigenvalue weighted by Gasteiger charge is -2.33. The van der Waals surface area contributed by atoms with Crippen LogP contribution in [0.1, 0.15) is 29.5 Å². The molecule has 0 aliphatic carbocycles. The molecule has 8 nitrogen and oxygen atoms in total. The van der Waals surface area contributed by atoms with Crippen LogP contribution >= 0.6 is 0 Å². The van der Waals surface area contributed by atoms with E-state index < -0.39 is 5.91 Å². The van der Waals surface area contributed by atoms with Gasteiger partial charge in [-0.25, -0.2) is 5.84 Å². The minimum atomic E-state index is -0.571. The van der Waals surface area contributed by atoms with Gasteiger partial charge in [-0.2, -0.15) is 0 Å². The van der Waals surface area contributed by atoms with Gasteiger partial charge in [0, 0.05) is 12.1 Å². The first-order valence-corrected chi connectivity index (χ1v) is 6.69. The van der Waals surface area contributed by atoms with Crippen LogP contribution in [0, 0.1) is 0 Å². The second-order valence-electron chi connectivity index (χ2n) is 4.81. The van der Waals surface area contributed by atoms with Crippen molar-refractivity contribution in [2.45, 2.75) is 19.9 Å². The topological polar surface area (TPSA) is 109 Å². The van der Waals surface area contributed by atoms with Crippen LogP contribution in [-0.2, 0) is 16.1 Å². The molecule has 0 spiro atoms. The summed E-state index contributed by atoms with van der Waals surface area (Å²) in [5, 5.41) is 0. The molecule has 0 bridgehead atoms. The molecule has 1 aliphatic rings. The Bertz CT molecular complexity index is 554. The number of carbonyl (C=O) groups excluding carboxylic acids is 3. The summed E-state index contributed by atoms with van der Waals surface area (Å²) in [6.45, 7) is 2.75. The van der Waals surface area contributed by atoms with Gasteiger partial charge in [-0.15, -0.1) is 0 Å². The van der Waals surface area contributed by atoms with Crippen LogP contribution < -0.4 is 11.3 Å². The van der Waals surface area contributed by atoms with Gasteiger partial charge < -0.3 is 14.2 Å². The first-order valence-electron chi connectivity index (χ1n) is 6.69. The lowest BCUT2D eigenvalue weighted by atomic mass is 10.2. The van der Waals surface area contributed by atoms with Crippen LogP contribution in [0.2, 0.25) is 0 Å². The Kier molecular flexibility index (Phi) is 4.59. The van der Waals surface area contributed by atoms with E-state index in [9.17, 15) is 14.4 Å². The Morgan fingerprint density at radius 3 is 2.67 bits per heavy atom. The van der Waals surface area contributed by atoms with Crippen LogP contribution in [0.25, 0.3) is 0 Å². The number of nitrogen functional groups attached to an aromatic ring is 1. The van der Waals surface area contributed by atoms with Crippen LogP contribution in [0.3, 0.4) is 0 Å². The number of amides is 3. The third-order valence-corrected chi connectivity index (χ3v) is 3.30. The molecule has 0 unspecified atom stereocenters. The van der Waals surface area contributed by atoms with Crippen molar-refractivity contribution in [3.05, 3.63) is 23.7 Å². The molecular formula is C13H18N4O4. The molecule has 114 valence electrons. The summed E-state index contributed by atoms with van der Waals surface area (Å²) in [4.78, 5) is 38.5. The highest BCUT2D eigenvalue weighted by molar-refractivity contribution is 5.94. The maximum atomic E-state index is 12.1. The van der Waals surface area contributed by atoms with Crippen molar-refractivity contribution in [1.29, 1.82) is 0 Å². The Morgan fingerprint density at radius 2 is 2.00 bits per heavy atom. The molecule has 0 atom stereocenters. The number of carbonyl (C=O) groups is 3. The Labute approximate surface area is 121 Å². The van der Waals surface area contributed by atoms with Crippen molar-refractivity contribution in [2.75, 3.05) is 19.6 Å². The molecule has 0 radical (unpaired) electrons. The summed E-state index contributed by atoms with van der Waals surface area (Å²) < 4.78 is 5.06. The highest BCUT2D eigenvalue weighted by Gasteiger charge is 2.30. The number of nitrogens with one attached hydrogen (secondary N) is 1. The first-order chi connectivity index (χ1) is 10.1. The van der Waals surface area contributed by atoms with Crippen LogP contribution in [0.15, 0.2) is 16.7 Å². The summed E-state index contributed by atoms with van der Waals surface area (Å²) in [6.07, 6.45) is 2.15. The Hall–Kier alpha value is -2.35. The molecule has 1 aliphatic heterocycles. The van der Waals surface area contributed by atoms with E-state index in [0.29, 0.717) is 12.1 Å². The summed E-state index contributed by atoms with van der Waals surface area (Å²) in [7, 11) is 0. The van der Waals surface area contributed by atoms with Crippen LogP contribution in [-0.4, -0.2) is 47.2 Å². The van der Waals surface area contributed by atoms with E-state index in [1.165, 1.54) is 11.2 Å². The number of furan rings is 1. The average Bonchev–Trinajstić information content (AvgIpc) is 2.92. The zero-order valence-corrected chi connectivity index (χ0v) is 11.8. The molecule has 21 heavy (non-hydrogen) atoms.